The van der Waals surface area contributed by atoms with Gasteiger partial charge < -0.3 is 5.11 Å². The average Bonchev–Trinajstić information content (AvgIpc) is 3.08. The Labute approximate surface area is 114 Å². The predicted molar refractivity (Wildman–Crippen MR) is 66.1 cm³/mol. The monoisotopic (exact) mass is 300 g/mol. The van der Waals surface area contributed by atoms with Gasteiger partial charge in [-0.25, -0.2) is 8.42 Å². The number of carboxylic acid groups (broad SMARTS) is 1. The Bertz CT molecular complexity index is 689. The maximum Gasteiger partial charge on any atom is 0.324 e. The van der Waals surface area contributed by atoms with E-state index in [-0.39, 0.29) is 28.3 Å². The maximum absolute atomic E-state index is 12.1. The van der Waals surface area contributed by atoms with E-state index in [1.807, 2.05) is 6.07 Å². The second kappa shape index (κ2) is 4.49. The van der Waals surface area contributed by atoms with E-state index in [4.69, 9.17) is 22.0 Å². The molecule has 0 aliphatic heterocycles. The topological polar surface area (TPSA) is 107 Å². The molecule has 8 heteroatoms. The van der Waals surface area contributed by atoms with E-state index in [0.29, 0.717) is 0 Å². The van der Waals surface area contributed by atoms with Gasteiger partial charge in [-0.05, 0) is 31.0 Å². The van der Waals surface area contributed by atoms with Gasteiger partial charge in [-0.3, -0.25) is 4.79 Å². The quantitative estimate of drug-likeness (QED) is 0.866. The molecule has 0 aromatic heterocycles. The van der Waals surface area contributed by atoms with E-state index in [1.54, 1.807) is 0 Å². The highest BCUT2D eigenvalue weighted by Gasteiger charge is 2.53. The number of carboxylic acids is 1. The number of nitrogens with zero attached hydrogens (tertiary/aromatic N) is 1. The number of aliphatic carboxylic acids is 1. The lowest BCUT2D eigenvalue weighted by atomic mass is 10.2. The second-order valence-electron chi connectivity index (χ2n) is 4.25. The Morgan fingerprint density at radius 1 is 1.47 bits per heavy atom. The smallest absolute Gasteiger partial charge is 0.324 e. The lowest BCUT2D eigenvalue weighted by Gasteiger charge is -2.13. The summed E-state index contributed by atoms with van der Waals surface area (Å²) in [7, 11) is -4.03. The fraction of sp³-hybridized carbons (Fsp3) is 0.273. The summed E-state index contributed by atoms with van der Waals surface area (Å²) in [5, 5.41) is 17.5. The number of halogens is 1. The molecule has 2 N–H and O–H groups in total. The molecule has 1 saturated carbocycles. The third kappa shape index (κ3) is 2.56. The SMILES string of the molecule is N#Cc1ccc(S(=O)(=O)NC2(C(=O)O)CC2)c(Cl)c1. The molecule has 19 heavy (non-hydrogen) atoms. The molecule has 1 aliphatic carbocycles. The third-order valence-electron chi connectivity index (χ3n) is 2.84. The van der Waals surface area contributed by atoms with Gasteiger partial charge in [-0.2, -0.15) is 9.98 Å². The van der Waals surface area contributed by atoms with Crippen LogP contribution in [-0.2, 0) is 14.8 Å². The van der Waals surface area contributed by atoms with Gasteiger partial charge in [-0.1, -0.05) is 11.6 Å². The molecule has 100 valence electrons. The number of rotatable bonds is 4. The molecule has 0 heterocycles. The summed E-state index contributed by atoms with van der Waals surface area (Å²) in [6, 6.07) is 5.54. The lowest BCUT2D eigenvalue weighted by Crippen LogP contribution is -2.43. The number of benzene rings is 1. The molecule has 0 amide bonds. The van der Waals surface area contributed by atoms with Gasteiger partial charge in [0.15, 0.2) is 0 Å². The highest BCUT2D eigenvalue weighted by Crippen LogP contribution is 2.37. The van der Waals surface area contributed by atoms with Crippen molar-refractivity contribution in [3.63, 3.8) is 0 Å². The van der Waals surface area contributed by atoms with Crippen molar-refractivity contribution in [2.75, 3.05) is 0 Å². The van der Waals surface area contributed by atoms with Crippen molar-refractivity contribution in [1.82, 2.24) is 4.72 Å². The first-order valence-electron chi connectivity index (χ1n) is 5.28. The molecular formula is C11H9ClN2O4S. The van der Waals surface area contributed by atoms with E-state index in [2.05, 4.69) is 4.72 Å². The molecule has 0 unspecified atom stereocenters. The first-order valence-corrected chi connectivity index (χ1v) is 7.14. The Kier molecular flexibility index (Phi) is 3.26. The van der Waals surface area contributed by atoms with Crippen molar-refractivity contribution in [3.8, 4) is 6.07 Å². The maximum atomic E-state index is 12.1. The summed E-state index contributed by atoms with van der Waals surface area (Å²) >= 11 is 5.80. The van der Waals surface area contributed by atoms with E-state index in [9.17, 15) is 13.2 Å². The lowest BCUT2D eigenvalue weighted by molar-refractivity contribution is -0.140. The Hall–Kier alpha value is -1.62. The largest absolute Gasteiger partial charge is 0.480 e. The number of hydrogen-bond donors (Lipinski definition) is 2. The molecule has 1 aromatic rings. The van der Waals surface area contributed by atoms with Crippen LogP contribution in [0.2, 0.25) is 5.02 Å². The molecular weight excluding hydrogens is 292 g/mol. The van der Waals surface area contributed by atoms with Crippen LogP contribution in [0.3, 0.4) is 0 Å². The standard InChI is InChI=1S/C11H9ClN2O4S/c12-8-5-7(6-13)1-2-9(8)19(17,18)14-11(3-4-11)10(15)16/h1-2,5,14H,3-4H2,(H,15,16). The van der Waals surface area contributed by atoms with Crippen molar-refractivity contribution in [3.05, 3.63) is 28.8 Å². The first-order chi connectivity index (χ1) is 8.81. The summed E-state index contributed by atoms with van der Waals surface area (Å²) in [6.07, 6.45) is 0.491. The Morgan fingerprint density at radius 3 is 2.53 bits per heavy atom. The first kappa shape index (κ1) is 13.8. The minimum atomic E-state index is -4.03. The predicted octanol–water partition coefficient (Wildman–Crippen LogP) is 1.11. The van der Waals surface area contributed by atoms with Crippen LogP contribution in [0.1, 0.15) is 18.4 Å². The van der Waals surface area contributed by atoms with Crippen LogP contribution in [0, 0.1) is 11.3 Å². The fourth-order valence-corrected chi connectivity index (χ4v) is 3.55. The molecule has 1 fully saturated rings. The van der Waals surface area contributed by atoms with Crippen LogP contribution in [0.5, 0.6) is 0 Å². The van der Waals surface area contributed by atoms with Crippen LogP contribution in [0.15, 0.2) is 23.1 Å². The van der Waals surface area contributed by atoms with Crippen molar-refractivity contribution < 1.29 is 18.3 Å². The number of hydrogen-bond acceptors (Lipinski definition) is 4. The molecule has 0 spiro atoms. The zero-order valence-electron chi connectivity index (χ0n) is 9.55. The molecule has 0 bridgehead atoms. The highest BCUT2D eigenvalue weighted by atomic mass is 35.5. The van der Waals surface area contributed by atoms with Gasteiger partial charge in [0.2, 0.25) is 10.0 Å². The summed E-state index contributed by atoms with van der Waals surface area (Å²) < 4.78 is 26.3. The molecule has 0 saturated heterocycles. The third-order valence-corrected chi connectivity index (χ3v) is 4.86. The molecule has 1 aliphatic rings. The second-order valence-corrected chi connectivity index (χ2v) is 6.31. The van der Waals surface area contributed by atoms with Crippen LogP contribution >= 0.6 is 11.6 Å². The Morgan fingerprint density at radius 2 is 2.11 bits per heavy atom. The molecule has 0 radical (unpaired) electrons. The van der Waals surface area contributed by atoms with E-state index >= 15 is 0 Å². The van der Waals surface area contributed by atoms with Gasteiger partial charge in [0.1, 0.15) is 10.4 Å². The highest BCUT2D eigenvalue weighted by molar-refractivity contribution is 7.89. The van der Waals surface area contributed by atoms with Crippen molar-refractivity contribution in [2.24, 2.45) is 0 Å². The van der Waals surface area contributed by atoms with Crippen LogP contribution in [0.4, 0.5) is 0 Å². The number of carbonyl (C=O) groups is 1. The van der Waals surface area contributed by atoms with Gasteiger partial charge in [0.05, 0.1) is 16.7 Å². The van der Waals surface area contributed by atoms with Crippen molar-refractivity contribution in [2.45, 2.75) is 23.3 Å². The van der Waals surface area contributed by atoms with E-state index < -0.39 is 21.5 Å². The molecule has 6 nitrogen and oxygen atoms in total. The van der Waals surface area contributed by atoms with Gasteiger partial charge >= 0.3 is 5.97 Å². The van der Waals surface area contributed by atoms with Crippen molar-refractivity contribution >= 4 is 27.6 Å². The van der Waals surface area contributed by atoms with E-state index in [0.717, 1.165) is 0 Å². The number of sulfonamides is 1. The minimum Gasteiger partial charge on any atom is -0.480 e. The van der Waals surface area contributed by atoms with Crippen LogP contribution < -0.4 is 4.72 Å². The van der Waals surface area contributed by atoms with Gasteiger partial charge in [-0.15, -0.1) is 0 Å². The van der Waals surface area contributed by atoms with Crippen LogP contribution in [0.25, 0.3) is 0 Å². The number of nitriles is 1. The van der Waals surface area contributed by atoms with Gasteiger partial charge in [0.25, 0.3) is 0 Å². The summed E-state index contributed by atoms with van der Waals surface area (Å²) in [5.41, 5.74) is -1.20. The Balaban J connectivity index is 2.36. The molecule has 2 rings (SSSR count). The van der Waals surface area contributed by atoms with Crippen molar-refractivity contribution in [1.29, 1.82) is 5.26 Å². The number of nitrogens with one attached hydrogen (secondary N) is 1. The summed E-state index contributed by atoms with van der Waals surface area (Å²) in [6.45, 7) is 0. The fourth-order valence-electron chi connectivity index (χ4n) is 1.59. The normalized spacial score (nSPS) is 16.6. The average molecular weight is 301 g/mol. The van der Waals surface area contributed by atoms with E-state index in [1.165, 1.54) is 18.2 Å². The minimum absolute atomic E-state index is 0.118. The summed E-state index contributed by atoms with van der Waals surface area (Å²) in [5.74, 6) is -1.21. The zero-order chi connectivity index (χ0) is 14.3. The molecule has 0 atom stereocenters. The summed E-state index contributed by atoms with van der Waals surface area (Å²) in [4.78, 5) is 10.7. The zero-order valence-corrected chi connectivity index (χ0v) is 11.1. The van der Waals surface area contributed by atoms with Gasteiger partial charge in [0, 0.05) is 0 Å². The van der Waals surface area contributed by atoms with Crippen LogP contribution in [-0.4, -0.2) is 25.0 Å². The molecule has 1 aromatic carbocycles.